The van der Waals surface area contributed by atoms with E-state index < -0.39 is 0 Å². The van der Waals surface area contributed by atoms with Gasteiger partial charge in [0, 0.05) is 23.7 Å². The largest absolute Gasteiger partial charge is 0.497 e. The van der Waals surface area contributed by atoms with Crippen molar-refractivity contribution in [3.63, 3.8) is 0 Å². The van der Waals surface area contributed by atoms with Gasteiger partial charge in [-0.15, -0.1) is 5.10 Å². The molecule has 1 aliphatic carbocycles. The van der Waals surface area contributed by atoms with Gasteiger partial charge in [0.1, 0.15) is 11.5 Å². The summed E-state index contributed by atoms with van der Waals surface area (Å²) in [5.41, 5.74) is 2.66. The van der Waals surface area contributed by atoms with Crippen molar-refractivity contribution < 1.29 is 14.3 Å². The average molecular weight is 393 g/mol. The second kappa shape index (κ2) is 8.30. The summed E-state index contributed by atoms with van der Waals surface area (Å²) in [4.78, 5) is 12.3. The molecule has 1 heterocycles. The predicted molar refractivity (Wildman–Crippen MR) is 108 cm³/mol. The van der Waals surface area contributed by atoms with Gasteiger partial charge in [-0.3, -0.25) is 4.79 Å². The van der Waals surface area contributed by atoms with E-state index in [0.717, 1.165) is 35.5 Å². The minimum Gasteiger partial charge on any atom is -0.497 e. The van der Waals surface area contributed by atoms with Crippen LogP contribution >= 0.6 is 0 Å². The topological polar surface area (TPSA) is 91.2 Å². The number of carbonyl (C=O) groups is 1. The molecule has 150 valence electrons. The molecule has 29 heavy (non-hydrogen) atoms. The molecule has 1 fully saturated rings. The van der Waals surface area contributed by atoms with Gasteiger partial charge in [0.2, 0.25) is 5.91 Å². The van der Waals surface area contributed by atoms with Crippen molar-refractivity contribution in [1.29, 1.82) is 0 Å². The minimum absolute atomic E-state index is 0.0534. The third-order valence-electron chi connectivity index (χ3n) is 4.86. The minimum atomic E-state index is -0.0534. The van der Waals surface area contributed by atoms with Crippen LogP contribution in [0.3, 0.4) is 0 Å². The van der Waals surface area contributed by atoms with Gasteiger partial charge in [0.05, 0.1) is 20.3 Å². The van der Waals surface area contributed by atoms with Gasteiger partial charge in [0.15, 0.2) is 5.82 Å². The molecular formula is C21H23N5O3. The first-order chi connectivity index (χ1) is 14.2. The van der Waals surface area contributed by atoms with E-state index in [9.17, 15) is 4.79 Å². The molecule has 2 aromatic carbocycles. The Morgan fingerprint density at radius 2 is 1.79 bits per heavy atom. The van der Waals surface area contributed by atoms with Crippen LogP contribution in [0.15, 0.2) is 42.5 Å². The Hall–Kier alpha value is -3.42. The van der Waals surface area contributed by atoms with Crippen molar-refractivity contribution in [2.24, 2.45) is 0 Å². The maximum Gasteiger partial charge on any atom is 0.224 e. The lowest BCUT2D eigenvalue weighted by molar-refractivity contribution is -0.116. The second-order valence-corrected chi connectivity index (χ2v) is 7.02. The molecule has 4 rings (SSSR count). The third-order valence-corrected chi connectivity index (χ3v) is 4.86. The highest BCUT2D eigenvalue weighted by molar-refractivity contribution is 5.91. The van der Waals surface area contributed by atoms with Crippen molar-refractivity contribution in [3.8, 4) is 22.9 Å². The zero-order valence-corrected chi connectivity index (χ0v) is 16.5. The van der Waals surface area contributed by atoms with E-state index in [1.54, 1.807) is 14.2 Å². The number of aromatic nitrogens is 4. The molecule has 3 aromatic rings. The molecule has 0 bridgehead atoms. The average Bonchev–Trinajstić information content (AvgIpc) is 3.49. The number of rotatable bonds is 8. The summed E-state index contributed by atoms with van der Waals surface area (Å²) >= 11 is 0. The number of carbonyl (C=O) groups excluding carboxylic acids is 1. The number of ether oxygens (including phenoxy) is 2. The number of hydrogen-bond donors (Lipinski definition) is 1. The number of amides is 1. The highest BCUT2D eigenvalue weighted by Gasteiger charge is 2.28. The summed E-state index contributed by atoms with van der Waals surface area (Å²) < 4.78 is 12.4. The van der Waals surface area contributed by atoms with Crippen molar-refractivity contribution in [2.75, 3.05) is 19.5 Å². The van der Waals surface area contributed by atoms with Crippen molar-refractivity contribution >= 4 is 11.6 Å². The standard InChI is InChI=1S/C21H23N5O3/c1-28-18-11-14(12-19(13-18)29-2)3-10-20(27)22-16-6-4-15(5-7-16)21-23-24-25-26(21)17-8-9-17/h4-7,11-13,17H,3,8-10H2,1-2H3,(H,22,27). The Bertz CT molecular complexity index is 974. The fraction of sp³-hybridized carbons (Fsp3) is 0.333. The molecule has 0 atom stereocenters. The quantitative estimate of drug-likeness (QED) is 0.632. The molecule has 8 nitrogen and oxygen atoms in total. The summed E-state index contributed by atoms with van der Waals surface area (Å²) in [6.07, 6.45) is 3.18. The van der Waals surface area contributed by atoms with Gasteiger partial charge in [-0.1, -0.05) is 0 Å². The van der Waals surface area contributed by atoms with Crippen LogP contribution in [0, 0.1) is 0 Å². The molecular weight excluding hydrogens is 370 g/mol. The van der Waals surface area contributed by atoms with Crippen LogP contribution in [0.2, 0.25) is 0 Å². The number of aryl methyl sites for hydroxylation is 1. The van der Waals surface area contributed by atoms with Gasteiger partial charge in [-0.05, 0) is 71.7 Å². The summed E-state index contributed by atoms with van der Waals surface area (Å²) in [7, 11) is 3.22. The lowest BCUT2D eigenvalue weighted by Crippen LogP contribution is -2.12. The Balaban J connectivity index is 1.36. The van der Waals surface area contributed by atoms with Crippen LogP contribution in [0.5, 0.6) is 11.5 Å². The first-order valence-corrected chi connectivity index (χ1v) is 9.56. The number of benzene rings is 2. The maximum atomic E-state index is 12.3. The zero-order valence-electron chi connectivity index (χ0n) is 16.5. The van der Waals surface area contributed by atoms with E-state index in [1.807, 2.05) is 47.1 Å². The number of nitrogens with zero attached hydrogens (tertiary/aromatic N) is 4. The lowest BCUT2D eigenvalue weighted by atomic mass is 10.1. The van der Waals surface area contributed by atoms with Gasteiger partial charge in [-0.2, -0.15) is 0 Å². The number of tetrazole rings is 1. The number of anilines is 1. The summed E-state index contributed by atoms with van der Waals surface area (Å²) in [5.74, 6) is 2.13. The molecule has 0 radical (unpaired) electrons. The van der Waals surface area contributed by atoms with E-state index in [2.05, 4.69) is 20.8 Å². The molecule has 0 spiro atoms. The van der Waals surface area contributed by atoms with E-state index in [1.165, 1.54) is 0 Å². The van der Waals surface area contributed by atoms with Gasteiger partial charge in [0.25, 0.3) is 0 Å². The molecule has 1 amide bonds. The zero-order chi connectivity index (χ0) is 20.2. The Kier molecular flexibility index (Phi) is 5.41. The SMILES string of the molecule is COc1cc(CCC(=O)Nc2ccc(-c3nnnn3C3CC3)cc2)cc(OC)c1. The van der Waals surface area contributed by atoms with Crippen LogP contribution in [-0.4, -0.2) is 40.3 Å². The molecule has 1 aliphatic rings. The monoisotopic (exact) mass is 393 g/mol. The van der Waals surface area contributed by atoms with Gasteiger partial charge < -0.3 is 14.8 Å². The van der Waals surface area contributed by atoms with Crippen LogP contribution in [0.25, 0.3) is 11.4 Å². The van der Waals surface area contributed by atoms with Gasteiger partial charge >= 0.3 is 0 Å². The van der Waals surface area contributed by atoms with Crippen LogP contribution in [-0.2, 0) is 11.2 Å². The Labute approximate surface area is 168 Å². The highest BCUT2D eigenvalue weighted by Crippen LogP contribution is 2.36. The molecule has 8 heteroatoms. The van der Waals surface area contributed by atoms with E-state index in [-0.39, 0.29) is 5.91 Å². The first-order valence-electron chi connectivity index (χ1n) is 9.56. The second-order valence-electron chi connectivity index (χ2n) is 7.02. The Morgan fingerprint density at radius 1 is 1.10 bits per heavy atom. The predicted octanol–water partition coefficient (Wildman–Crippen LogP) is 3.26. The summed E-state index contributed by atoms with van der Waals surface area (Å²) in [6.45, 7) is 0. The lowest BCUT2D eigenvalue weighted by Gasteiger charge is -2.09. The molecule has 1 aromatic heterocycles. The molecule has 0 aliphatic heterocycles. The maximum absolute atomic E-state index is 12.3. The smallest absolute Gasteiger partial charge is 0.224 e. The van der Waals surface area contributed by atoms with Crippen molar-refractivity contribution in [2.45, 2.75) is 31.7 Å². The summed E-state index contributed by atoms with van der Waals surface area (Å²) in [6, 6.07) is 13.6. The molecule has 0 saturated heterocycles. The normalized spacial score (nSPS) is 13.2. The molecule has 1 saturated carbocycles. The van der Waals surface area contributed by atoms with Crippen molar-refractivity contribution in [3.05, 3.63) is 48.0 Å². The molecule has 0 unspecified atom stereocenters. The van der Waals surface area contributed by atoms with Crippen LogP contribution < -0.4 is 14.8 Å². The third kappa shape index (κ3) is 4.53. The fourth-order valence-corrected chi connectivity index (χ4v) is 3.14. The number of nitrogens with one attached hydrogen (secondary N) is 1. The van der Waals surface area contributed by atoms with E-state index >= 15 is 0 Å². The van der Waals surface area contributed by atoms with Gasteiger partial charge in [-0.25, -0.2) is 4.68 Å². The van der Waals surface area contributed by atoms with Crippen molar-refractivity contribution in [1.82, 2.24) is 20.2 Å². The summed E-state index contributed by atoms with van der Waals surface area (Å²) in [5, 5.41) is 14.9. The first kappa shape index (κ1) is 18.9. The molecule has 1 N–H and O–H groups in total. The number of methoxy groups -OCH3 is 2. The van der Waals surface area contributed by atoms with Crippen LogP contribution in [0.4, 0.5) is 5.69 Å². The fourth-order valence-electron chi connectivity index (χ4n) is 3.14. The van der Waals surface area contributed by atoms with E-state index in [0.29, 0.717) is 30.4 Å². The van der Waals surface area contributed by atoms with Crippen LogP contribution in [0.1, 0.15) is 30.9 Å². The number of hydrogen-bond acceptors (Lipinski definition) is 6. The van der Waals surface area contributed by atoms with E-state index in [4.69, 9.17) is 9.47 Å². The highest BCUT2D eigenvalue weighted by atomic mass is 16.5. The Morgan fingerprint density at radius 3 is 2.41 bits per heavy atom.